The molecule has 0 unspecified atom stereocenters. The van der Waals surface area contributed by atoms with Gasteiger partial charge >= 0.3 is 0 Å². The van der Waals surface area contributed by atoms with Gasteiger partial charge in [-0.2, -0.15) is 0 Å². The molecule has 0 saturated heterocycles. The number of anilines is 1. The monoisotopic (exact) mass is 426 g/mol. The van der Waals surface area contributed by atoms with Gasteiger partial charge in [-0.15, -0.1) is 0 Å². The van der Waals surface area contributed by atoms with Crippen molar-refractivity contribution in [2.24, 2.45) is 5.73 Å². The van der Waals surface area contributed by atoms with Gasteiger partial charge in [0.1, 0.15) is 5.69 Å². The molecule has 8 nitrogen and oxygen atoms in total. The minimum atomic E-state index is -0.574. The van der Waals surface area contributed by atoms with E-state index in [-0.39, 0.29) is 23.7 Å². The summed E-state index contributed by atoms with van der Waals surface area (Å²) in [5, 5.41) is 7.08. The summed E-state index contributed by atoms with van der Waals surface area (Å²) in [6.07, 6.45) is 6.85. The van der Waals surface area contributed by atoms with E-state index in [1.54, 1.807) is 29.7 Å². The number of hydrogen-bond acceptors (Lipinski definition) is 5. The number of hydrogen-bond donors (Lipinski definition) is 3. The Morgan fingerprint density at radius 1 is 1.13 bits per heavy atom. The molecule has 9 heteroatoms. The normalized spacial score (nSPS) is 18.9. The number of imidazole rings is 1. The molecule has 1 aliphatic rings. The van der Waals surface area contributed by atoms with Gasteiger partial charge in [0.25, 0.3) is 5.91 Å². The zero-order valence-corrected chi connectivity index (χ0v) is 17.3. The average Bonchev–Trinajstić information content (AvgIpc) is 3.15. The van der Waals surface area contributed by atoms with Crippen LogP contribution in [0.3, 0.4) is 0 Å². The molecule has 2 amide bonds. The molecule has 0 atom stereocenters. The quantitative estimate of drug-likeness (QED) is 0.580. The van der Waals surface area contributed by atoms with E-state index in [4.69, 9.17) is 22.3 Å². The summed E-state index contributed by atoms with van der Waals surface area (Å²) >= 11 is 5.99. The van der Waals surface area contributed by atoms with Gasteiger partial charge in [-0.25, -0.2) is 9.97 Å². The van der Waals surface area contributed by atoms with Crippen molar-refractivity contribution in [3.63, 3.8) is 0 Å². The van der Waals surface area contributed by atoms with Crippen LogP contribution < -0.4 is 16.4 Å². The lowest BCUT2D eigenvalue weighted by molar-refractivity contribution is -0.119. The minimum Gasteiger partial charge on any atom is -0.364 e. The molecule has 0 bridgehead atoms. The average molecular weight is 427 g/mol. The molecule has 1 aliphatic carbocycles. The van der Waals surface area contributed by atoms with E-state index < -0.39 is 5.91 Å². The first kappa shape index (κ1) is 20.2. The SMILES string of the molecule is CC(=O)N[C@H]1CC[C@H](Nc2ncc(C(N)=O)n3cc(-c4ccc(Cl)cc4)nc23)CC1. The fourth-order valence-electron chi connectivity index (χ4n) is 3.88. The van der Waals surface area contributed by atoms with Crippen LogP contribution >= 0.6 is 11.6 Å². The van der Waals surface area contributed by atoms with E-state index in [1.807, 2.05) is 12.1 Å². The molecule has 30 heavy (non-hydrogen) atoms. The molecule has 4 rings (SSSR count). The van der Waals surface area contributed by atoms with Crippen LogP contribution in [0.15, 0.2) is 36.7 Å². The van der Waals surface area contributed by atoms with Crippen molar-refractivity contribution in [1.82, 2.24) is 19.7 Å². The number of carbonyl (C=O) groups is 2. The number of carbonyl (C=O) groups excluding carboxylic acids is 2. The van der Waals surface area contributed by atoms with Gasteiger partial charge in [0.15, 0.2) is 11.5 Å². The van der Waals surface area contributed by atoms with Gasteiger partial charge in [-0.05, 0) is 37.8 Å². The molecular weight excluding hydrogens is 404 g/mol. The van der Waals surface area contributed by atoms with Gasteiger partial charge in [0, 0.05) is 35.8 Å². The van der Waals surface area contributed by atoms with E-state index in [1.165, 1.54) is 6.20 Å². The summed E-state index contributed by atoms with van der Waals surface area (Å²) in [6.45, 7) is 1.54. The Hall–Kier alpha value is -3.13. The number of halogens is 1. The van der Waals surface area contributed by atoms with Crippen LogP contribution in [0.1, 0.15) is 43.1 Å². The fraction of sp³-hybridized carbons (Fsp3) is 0.333. The summed E-state index contributed by atoms with van der Waals surface area (Å²) in [5.74, 6) is 0.0297. The second-order valence-corrected chi connectivity index (χ2v) is 8.01. The van der Waals surface area contributed by atoms with Gasteiger partial charge in [-0.1, -0.05) is 23.7 Å². The second kappa shape index (κ2) is 8.31. The molecule has 156 valence electrons. The van der Waals surface area contributed by atoms with Crippen molar-refractivity contribution < 1.29 is 9.59 Å². The molecule has 2 aromatic heterocycles. The molecule has 0 aliphatic heterocycles. The maximum absolute atomic E-state index is 11.9. The zero-order chi connectivity index (χ0) is 21.3. The standard InChI is InChI=1S/C21H23ClN6O2/c1-12(29)25-15-6-8-16(9-7-15)26-20-21-27-17(13-2-4-14(22)5-3-13)11-28(21)18(10-24-20)19(23)30/h2-5,10-11,15-16H,6-9H2,1H3,(H2,23,30)(H,24,26)(H,25,29)/t15-,16-. The summed E-state index contributed by atoms with van der Waals surface area (Å²) in [5.41, 5.74) is 7.91. The first-order chi connectivity index (χ1) is 14.4. The van der Waals surface area contributed by atoms with E-state index in [2.05, 4.69) is 15.6 Å². The predicted octanol–water partition coefficient (Wildman–Crippen LogP) is 3.01. The number of nitrogens with zero attached hydrogens (tertiary/aromatic N) is 3. The molecule has 2 heterocycles. The number of amides is 2. The maximum atomic E-state index is 11.9. The third kappa shape index (κ3) is 4.23. The lowest BCUT2D eigenvalue weighted by Crippen LogP contribution is -2.39. The van der Waals surface area contributed by atoms with Gasteiger partial charge in [0.05, 0.1) is 11.9 Å². The predicted molar refractivity (Wildman–Crippen MR) is 115 cm³/mol. The zero-order valence-electron chi connectivity index (χ0n) is 16.6. The highest BCUT2D eigenvalue weighted by molar-refractivity contribution is 6.30. The topological polar surface area (TPSA) is 114 Å². The van der Waals surface area contributed by atoms with E-state index in [0.29, 0.717) is 22.2 Å². The van der Waals surface area contributed by atoms with Crippen LogP contribution in [-0.4, -0.2) is 38.3 Å². The van der Waals surface area contributed by atoms with Crippen LogP contribution in [0.5, 0.6) is 0 Å². The second-order valence-electron chi connectivity index (χ2n) is 7.58. The van der Waals surface area contributed by atoms with Crippen molar-refractivity contribution in [2.75, 3.05) is 5.32 Å². The summed E-state index contributed by atoms with van der Waals surface area (Å²) in [4.78, 5) is 32.3. The molecule has 1 saturated carbocycles. The Morgan fingerprint density at radius 2 is 1.80 bits per heavy atom. The third-order valence-electron chi connectivity index (χ3n) is 5.36. The van der Waals surface area contributed by atoms with Crippen molar-refractivity contribution in [3.05, 3.63) is 47.4 Å². The van der Waals surface area contributed by atoms with Crippen molar-refractivity contribution in [1.29, 1.82) is 0 Å². The number of fused-ring (bicyclic) bond motifs is 1. The number of benzene rings is 1. The Bertz CT molecular complexity index is 1090. The summed E-state index contributed by atoms with van der Waals surface area (Å²) in [7, 11) is 0. The van der Waals surface area contributed by atoms with Crippen LogP contribution in [0.4, 0.5) is 5.82 Å². The van der Waals surface area contributed by atoms with Gasteiger partial charge in [0.2, 0.25) is 5.91 Å². The van der Waals surface area contributed by atoms with E-state index >= 15 is 0 Å². The summed E-state index contributed by atoms with van der Waals surface area (Å²) in [6, 6.07) is 7.76. The lowest BCUT2D eigenvalue weighted by Gasteiger charge is -2.29. The molecular formula is C21H23ClN6O2. The Labute approximate surface area is 178 Å². The molecule has 3 aromatic rings. The van der Waals surface area contributed by atoms with E-state index in [0.717, 1.165) is 31.2 Å². The number of nitrogens with two attached hydrogens (primary N) is 1. The van der Waals surface area contributed by atoms with Crippen molar-refractivity contribution in [3.8, 4) is 11.3 Å². The van der Waals surface area contributed by atoms with Crippen LogP contribution in [-0.2, 0) is 4.79 Å². The van der Waals surface area contributed by atoms with Crippen molar-refractivity contribution >= 4 is 34.9 Å². The Kier molecular flexibility index (Phi) is 5.59. The minimum absolute atomic E-state index is 0.00365. The first-order valence-corrected chi connectivity index (χ1v) is 10.3. The van der Waals surface area contributed by atoms with Gasteiger partial charge in [-0.3, -0.25) is 14.0 Å². The maximum Gasteiger partial charge on any atom is 0.267 e. The molecule has 4 N–H and O–H groups in total. The number of primary amides is 1. The Morgan fingerprint density at radius 3 is 2.43 bits per heavy atom. The third-order valence-corrected chi connectivity index (χ3v) is 5.61. The van der Waals surface area contributed by atoms with Crippen LogP contribution in [0.2, 0.25) is 5.02 Å². The highest BCUT2D eigenvalue weighted by atomic mass is 35.5. The fourth-order valence-corrected chi connectivity index (χ4v) is 4.01. The molecule has 0 spiro atoms. The Balaban J connectivity index is 1.62. The smallest absolute Gasteiger partial charge is 0.267 e. The highest BCUT2D eigenvalue weighted by Gasteiger charge is 2.23. The number of nitrogens with one attached hydrogen (secondary N) is 2. The van der Waals surface area contributed by atoms with Gasteiger partial charge < -0.3 is 16.4 Å². The molecule has 0 radical (unpaired) electrons. The first-order valence-electron chi connectivity index (χ1n) is 9.88. The van der Waals surface area contributed by atoms with E-state index in [9.17, 15) is 9.59 Å². The highest BCUT2D eigenvalue weighted by Crippen LogP contribution is 2.27. The number of aromatic nitrogens is 3. The molecule has 1 aromatic carbocycles. The largest absolute Gasteiger partial charge is 0.364 e. The lowest BCUT2D eigenvalue weighted by atomic mass is 9.91. The summed E-state index contributed by atoms with van der Waals surface area (Å²) < 4.78 is 1.67. The number of rotatable bonds is 5. The van der Waals surface area contributed by atoms with Crippen molar-refractivity contribution in [2.45, 2.75) is 44.7 Å². The molecule has 1 fully saturated rings. The van der Waals surface area contributed by atoms with Crippen LogP contribution in [0.25, 0.3) is 16.9 Å². The van der Waals surface area contributed by atoms with Crippen LogP contribution in [0, 0.1) is 0 Å².